The molecule has 0 spiro atoms. The molecule has 1 heterocycles. The van der Waals surface area contributed by atoms with Crippen LogP contribution in [0, 0.1) is 0 Å². The van der Waals surface area contributed by atoms with Crippen LogP contribution in [-0.4, -0.2) is 40.6 Å². The summed E-state index contributed by atoms with van der Waals surface area (Å²) >= 11 is 1.37. The Morgan fingerprint density at radius 1 is 1.07 bits per heavy atom. The lowest BCUT2D eigenvalue weighted by Gasteiger charge is -2.10. The van der Waals surface area contributed by atoms with E-state index < -0.39 is 0 Å². The number of benzene rings is 2. The second-order valence-electron chi connectivity index (χ2n) is 6.16. The van der Waals surface area contributed by atoms with E-state index in [0.29, 0.717) is 18.2 Å². The van der Waals surface area contributed by atoms with Gasteiger partial charge in [0.1, 0.15) is 11.5 Å². The molecule has 0 bridgehead atoms. The maximum absolute atomic E-state index is 12.3. The molecule has 0 saturated heterocycles. The van der Waals surface area contributed by atoms with Crippen LogP contribution in [0.15, 0.2) is 53.7 Å². The highest BCUT2D eigenvalue weighted by molar-refractivity contribution is 7.99. The van der Waals surface area contributed by atoms with Gasteiger partial charge in [0.15, 0.2) is 11.0 Å². The summed E-state index contributed by atoms with van der Waals surface area (Å²) in [4.78, 5) is 12.3. The Hall–Kier alpha value is -3.00. The molecule has 1 N–H and O–H groups in total. The smallest absolute Gasteiger partial charge is 0.230 e. The van der Waals surface area contributed by atoms with Crippen molar-refractivity contribution in [3.05, 3.63) is 54.1 Å². The number of thioether (sulfide) groups is 1. The van der Waals surface area contributed by atoms with E-state index in [2.05, 4.69) is 15.5 Å². The number of rotatable bonds is 9. The highest BCUT2D eigenvalue weighted by Crippen LogP contribution is 2.30. The lowest BCUT2D eigenvalue weighted by atomic mass is 10.2. The van der Waals surface area contributed by atoms with E-state index in [1.807, 2.05) is 60.0 Å². The molecule has 1 amide bonds. The first-order valence-corrected chi connectivity index (χ1v) is 10.2. The van der Waals surface area contributed by atoms with Crippen molar-refractivity contribution >= 4 is 17.7 Å². The van der Waals surface area contributed by atoms with Gasteiger partial charge in [0.25, 0.3) is 0 Å². The summed E-state index contributed by atoms with van der Waals surface area (Å²) in [6.45, 7) is 3.18. The third-order valence-corrected chi connectivity index (χ3v) is 5.33. The van der Waals surface area contributed by atoms with Gasteiger partial charge in [-0.3, -0.25) is 4.79 Å². The summed E-state index contributed by atoms with van der Waals surface area (Å²) in [5.74, 6) is 2.46. The van der Waals surface area contributed by atoms with Crippen molar-refractivity contribution < 1.29 is 14.3 Å². The molecular formula is C21H24N4O3S. The van der Waals surface area contributed by atoms with Crippen LogP contribution in [0.4, 0.5) is 0 Å². The molecule has 3 aromatic rings. The van der Waals surface area contributed by atoms with Crippen molar-refractivity contribution in [1.82, 2.24) is 20.1 Å². The summed E-state index contributed by atoms with van der Waals surface area (Å²) in [6.07, 6.45) is 0. The van der Waals surface area contributed by atoms with E-state index in [-0.39, 0.29) is 11.7 Å². The van der Waals surface area contributed by atoms with Gasteiger partial charge >= 0.3 is 0 Å². The van der Waals surface area contributed by atoms with E-state index in [9.17, 15) is 4.79 Å². The molecule has 29 heavy (non-hydrogen) atoms. The zero-order valence-corrected chi connectivity index (χ0v) is 17.5. The van der Waals surface area contributed by atoms with Gasteiger partial charge in [-0.25, -0.2) is 0 Å². The molecule has 0 atom stereocenters. The normalized spacial score (nSPS) is 10.6. The van der Waals surface area contributed by atoms with Gasteiger partial charge in [-0.05, 0) is 36.8 Å². The van der Waals surface area contributed by atoms with Crippen LogP contribution in [0.5, 0.6) is 11.5 Å². The number of nitrogens with zero attached hydrogens (tertiary/aromatic N) is 3. The maximum atomic E-state index is 12.3. The molecule has 0 aliphatic rings. The number of methoxy groups -OCH3 is 2. The largest absolute Gasteiger partial charge is 0.497 e. The molecule has 7 nitrogen and oxygen atoms in total. The number of para-hydroxylation sites is 1. The summed E-state index contributed by atoms with van der Waals surface area (Å²) in [5.41, 5.74) is 1.89. The molecule has 0 unspecified atom stereocenters. The summed E-state index contributed by atoms with van der Waals surface area (Å²) in [5, 5.41) is 12.2. The molecule has 0 radical (unpaired) electrons. The summed E-state index contributed by atoms with van der Waals surface area (Å²) in [7, 11) is 3.26. The zero-order valence-electron chi connectivity index (χ0n) is 16.7. The number of hydrogen-bond donors (Lipinski definition) is 1. The van der Waals surface area contributed by atoms with Crippen LogP contribution in [0.3, 0.4) is 0 Å². The lowest BCUT2D eigenvalue weighted by Crippen LogP contribution is -2.24. The van der Waals surface area contributed by atoms with Crippen LogP contribution in [0.2, 0.25) is 0 Å². The van der Waals surface area contributed by atoms with E-state index >= 15 is 0 Å². The average molecular weight is 413 g/mol. The Labute approximate surface area is 174 Å². The first-order valence-electron chi connectivity index (χ1n) is 9.25. The number of carbonyl (C=O) groups excluding carboxylic acids is 1. The number of nitrogens with one attached hydrogen (secondary N) is 1. The van der Waals surface area contributed by atoms with Gasteiger partial charge in [-0.2, -0.15) is 0 Å². The van der Waals surface area contributed by atoms with Crippen molar-refractivity contribution in [1.29, 1.82) is 0 Å². The monoisotopic (exact) mass is 412 g/mol. The molecule has 0 saturated carbocycles. The minimum Gasteiger partial charge on any atom is -0.497 e. The molecule has 1 aromatic heterocycles. The van der Waals surface area contributed by atoms with E-state index in [1.54, 1.807) is 14.2 Å². The Bertz CT molecular complexity index is 957. The van der Waals surface area contributed by atoms with Gasteiger partial charge in [0.2, 0.25) is 5.91 Å². The molecule has 3 rings (SSSR count). The van der Waals surface area contributed by atoms with E-state index in [0.717, 1.165) is 28.5 Å². The zero-order chi connectivity index (χ0) is 20.6. The van der Waals surface area contributed by atoms with Crippen LogP contribution in [0.25, 0.3) is 11.4 Å². The predicted molar refractivity (Wildman–Crippen MR) is 113 cm³/mol. The fourth-order valence-electron chi connectivity index (χ4n) is 2.83. The Morgan fingerprint density at radius 3 is 2.52 bits per heavy atom. The van der Waals surface area contributed by atoms with Gasteiger partial charge < -0.3 is 19.4 Å². The van der Waals surface area contributed by atoms with Crippen molar-refractivity contribution in [3.8, 4) is 22.9 Å². The fourth-order valence-corrected chi connectivity index (χ4v) is 3.67. The van der Waals surface area contributed by atoms with Crippen molar-refractivity contribution in [2.24, 2.45) is 0 Å². The lowest BCUT2D eigenvalue weighted by molar-refractivity contribution is -0.118. The van der Waals surface area contributed by atoms with Crippen LogP contribution < -0.4 is 14.8 Å². The Kier molecular flexibility index (Phi) is 7.13. The van der Waals surface area contributed by atoms with Gasteiger partial charge in [-0.1, -0.05) is 36.0 Å². The first kappa shape index (κ1) is 20.7. The topological polar surface area (TPSA) is 78.3 Å². The van der Waals surface area contributed by atoms with Crippen molar-refractivity contribution in [2.45, 2.75) is 25.2 Å². The maximum Gasteiger partial charge on any atom is 0.230 e. The van der Waals surface area contributed by atoms with Gasteiger partial charge in [0, 0.05) is 13.1 Å². The molecule has 0 aliphatic carbocycles. The summed E-state index contributed by atoms with van der Waals surface area (Å²) in [6, 6.07) is 15.3. The second kappa shape index (κ2) is 9.97. The molecule has 0 fully saturated rings. The highest BCUT2D eigenvalue weighted by atomic mass is 32.2. The average Bonchev–Trinajstić information content (AvgIpc) is 3.19. The number of ether oxygens (including phenoxy) is 2. The molecule has 2 aromatic carbocycles. The number of aromatic nitrogens is 3. The van der Waals surface area contributed by atoms with Crippen molar-refractivity contribution in [2.75, 3.05) is 20.0 Å². The second-order valence-corrected chi connectivity index (χ2v) is 7.11. The van der Waals surface area contributed by atoms with E-state index in [4.69, 9.17) is 9.47 Å². The Morgan fingerprint density at radius 2 is 1.83 bits per heavy atom. The molecular weight excluding hydrogens is 388 g/mol. The number of carbonyl (C=O) groups is 1. The SMILES string of the molecule is CCn1c(SCC(=O)NCc2ccc(OC)cc2)nnc1-c1ccccc1OC. The quantitative estimate of drug-likeness (QED) is 0.543. The third kappa shape index (κ3) is 5.08. The molecule has 8 heteroatoms. The van der Waals surface area contributed by atoms with Crippen LogP contribution in [0.1, 0.15) is 12.5 Å². The first-order chi connectivity index (χ1) is 14.2. The minimum absolute atomic E-state index is 0.0599. The van der Waals surface area contributed by atoms with Crippen LogP contribution >= 0.6 is 11.8 Å². The van der Waals surface area contributed by atoms with Gasteiger partial charge in [0.05, 0.1) is 25.5 Å². The molecule has 152 valence electrons. The Balaban J connectivity index is 1.61. The minimum atomic E-state index is -0.0599. The van der Waals surface area contributed by atoms with Gasteiger partial charge in [-0.15, -0.1) is 10.2 Å². The summed E-state index contributed by atoms with van der Waals surface area (Å²) < 4.78 is 12.6. The van der Waals surface area contributed by atoms with E-state index in [1.165, 1.54) is 11.8 Å². The van der Waals surface area contributed by atoms with Crippen LogP contribution in [-0.2, 0) is 17.9 Å². The molecule has 0 aliphatic heterocycles. The number of hydrogen-bond acceptors (Lipinski definition) is 6. The number of amides is 1. The standard InChI is InChI=1S/C21H24N4O3S/c1-4-25-20(17-7-5-6-8-18(17)28-3)23-24-21(25)29-14-19(26)22-13-15-9-11-16(27-2)12-10-15/h5-12H,4,13-14H2,1-3H3,(H,22,26). The third-order valence-electron chi connectivity index (χ3n) is 4.36. The highest BCUT2D eigenvalue weighted by Gasteiger charge is 2.17. The fraction of sp³-hybridized carbons (Fsp3) is 0.286. The van der Waals surface area contributed by atoms with Crippen molar-refractivity contribution in [3.63, 3.8) is 0 Å². The predicted octanol–water partition coefficient (Wildman–Crippen LogP) is 3.39.